The van der Waals surface area contributed by atoms with Crippen LogP contribution in [-0.4, -0.2) is 37.9 Å². The molecule has 1 saturated carbocycles. The number of unbranched alkanes of at least 4 members (excludes halogenated alkanes) is 1. The second kappa shape index (κ2) is 8.23. The van der Waals surface area contributed by atoms with Crippen molar-refractivity contribution in [3.05, 3.63) is 40.9 Å². The Bertz CT molecular complexity index is 775. The number of ether oxygens (including phenoxy) is 1. The number of rotatable bonds is 7. The second-order valence-corrected chi connectivity index (χ2v) is 9.66. The summed E-state index contributed by atoms with van der Waals surface area (Å²) in [4.78, 5) is 11.5. The molecule has 1 aliphatic heterocycles. The predicted molar refractivity (Wildman–Crippen MR) is 103 cm³/mol. The smallest absolute Gasteiger partial charge is 0.305 e. The van der Waals surface area contributed by atoms with Crippen LogP contribution < -0.4 is 0 Å². The standard InChI is InChI=1S/C19H24BrNO4S/c1-25-19(22)6-4-2-3-5-18-14-7-10-16(13-14)21(18)26(23,24)17-11-8-15(20)9-12-17/h3,5,8-9,11-12,14,16,18H,2,4,6-7,10,13H2,1H3/b5-3+/t14-,16+,18+/m1/s1. The van der Waals surface area contributed by atoms with Crippen LogP contribution in [0.4, 0.5) is 0 Å². The summed E-state index contributed by atoms with van der Waals surface area (Å²) in [6, 6.07) is 6.85. The van der Waals surface area contributed by atoms with E-state index in [2.05, 4.69) is 20.7 Å². The lowest BCUT2D eigenvalue weighted by Crippen LogP contribution is -2.43. The van der Waals surface area contributed by atoms with Crippen LogP contribution >= 0.6 is 15.9 Å². The number of carbonyl (C=O) groups is 1. The van der Waals surface area contributed by atoms with E-state index in [1.807, 2.05) is 12.2 Å². The van der Waals surface area contributed by atoms with E-state index < -0.39 is 10.0 Å². The van der Waals surface area contributed by atoms with Crippen molar-refractivity contribution in [2.45, 2.75) is 55.5 Å². The monoisotopic (exact) mass is 441 g/mol. The van der Waals surface area contributed by atoms with Crippen molar-refractivity contribution in [2.24, 2.45) is 5.92 Å². The average Bonchev–Trinajstić information content (AvgIpc) is 3.23. The van der Waals surface area contributed by atoms with Crippen LogP contribution in [-0.2, 0) is 19.6 Å². The highest BCUT2D eigenvalue weighted by Gasteiger charge is 2.50. The zero-order valence-corrected chi connectivity index (χ0v) is 17.2. The molecule has 1 aromatic rings. The number of hydrogen-bond acceptors (Lipinski definition) is 4. The molecule has 1 saturated heterocycles. The zero-order valence-electron chi connectivity index (χ0n) is 14.8. The maximum Gasteiger partial charge on any atom is 0.305 e. The molecule has 1 heterocycles. The van der Waals surface area contributed by atoms with Gasteiger partial charge in [0.05, 0.1) is 12.0 Å². The van der Waals surface area contributed by atoms with Gasteiger partial charge in [0, 0.05) is 23.0 Å². The van der Waals surface area contributed by atoms with Crippen LogP contribution in [0.3, 0.4) is 0 Å². The van der Waals surface area contributed by atoms with Crippen LogP contribution in [0.2, 0.25) is 0 Å². The van der Waals surface area contributed by atoms with E-state index in [9.17, 15) is 13.2 Å². The molecular formula is C19H24BrNO4S. The Hall–Kier alpha value is -1.18. The van der Waals surface area contributed by atoms with Gasteiger partial charge < -0.3 is 4.74 Å². The van der Waals surface area contributed by atoms with Crippen LogP contribution in [0.25, 0.3) is 0 Å². The Morgan fingerprint density at radius 3 is 2.73 bits per heavy atom. The molecule has 3 atom stereocenters. The van der Waals surface area contributed by atoms with Crippen molar-refractivity contribution in [3.63, 3.8) is 0 Å². The highest BCUT2D eigenvalue weighted by molar-refractivity contribution is 9.10. The Morgan fingerprint density at radius 2 is 2.04 bits per heavy atom. The van der Waals surface area contributed by atoms with Gasteiger partial charge in [-0.3, -0.25) is 4.79 Å². The summed E-state index contributed by atoms with van der Waals surface area (Å²) in [6.45, 7) is 0. The third kappa shape index (κ3) is 4.05. The van der Waals surface area contributed by atoms with Crippen LogP contribution in [0.15, 0.2) is 45.8 Å². The van der Waals surface area contributed by atoms with E-state index in [-0.39, 0.29) is 18.1 Å². The van der Waals surface area contributed by atoms with E-state index in [1.54, 1.807) is 28.6 Å². The van der Waals surface area contributed by atoms with Crippen LogP contribution in [0.5, 0.6) is 0 Å². The summed E-state index contributed by atoms with van der Waals surface area (Å²) in [5.41, 5.74) is 0. The molecular weight excluding hydrogens is 418 g/mol. The van der Waals surface area contributed by atoms with Crippen molar-refractivity contribution in [1.82, 2.24) is 4.31 Å². The SMILES string of the molecule is COC(=O)CCC/C=C/[C@H]1[C@@H]2CC[C@@H](C2)N1S(=O)(=O)c1ccc(Br)cc1. The van der Waals surface area contributed by atoms with Gasteiger partial charge in [0.25, 0.3) is 0 Å². The van der Waals surface area contributed by atoms with Crippen molar-refractivity contribution in [1.29, 1.82) is 0 Å². The van der Waals surface area contributed by atoms with Gasteiger partial charge in [-0.25, -0.2) is 8.42 Å². The minimum Gasteiger partial charge on any atom is -0.469 e. The summed E-state index contributed by atoms with van der Waals surface area (Å²) < 4.78 is 33.6. The predicted octanol–water partition coefficient (Wildman–Crippen LogP) is 3.89. The molecule has 2 aliphatic rings. The van der Waals surface area contributed by atoms with E-state index in [1.165, 1.54) is 7.11 Å². The van der Waals surface area contributed by atoms with Gasteiger partial charge in [0.1, 0.15) is 0 Å². The first-order valence-electron chi connectivity index (χ1n) is 8.96. The number of hydrogen-bond donors (Lipinski definition) is 0. The maximum absolute atomic E-state index is 13.2. The van der Waals surface area contributed by atoms with Crippen molar-refractivity contribution < 1.29 is 17.9 Å². The molecule has 0 radical (unpaired) electrons. The van der Waals surface area contributed by atoms with Gasteiger partial charge in [0.15, 0.2) is 0 Å². The fourth-order valence-corrected chi connectivity index (χ4v) is 6.15. The fourth-order valence-electron chi connectivity index (χ4n) is 4.01. The highest BCUT2D eigenvalue weighted by atomic mass is 79.9. The molecule has 26 heavy (non-hydrogen) atoms. The molecule has 1 aliphatic carbocycles. The average molecular weight is 442 g/mol. The summed E-state index contributed by atoms with van der Waals surface area (Å²) >= 11 is 3.35. The lowest BCUT2D eigenvalue weighted by atomic mass is 9.99. The Kier molecular flexibility index (Phi) is 6.20. The Balaban J connectivity index is 1.72. The Morgan fingerprint density at radius 1 is 1.31 bits per heavy atom. The van der Waals surface area contributed by atoms with E-state index in [4.69, 9.17) is 0 Å². The lowest BCUT2D eigenvalue weighted by Gasteiger charge is -2.32. The summed E-state index contributed by atoms with van der Waals surface area (Å²) in [5.74, 6) is 0.180. The second-order valence-electron chi connectivity index (χ2n) is 6.90. The van der Waals surface area contributed by atoms with E-state index in [0.717, 1.165) is 30.2 Å². The minimum atomic E-state index is -3.51. The van der Waals surface area contributed by atoms with E-state index in [0.29, 0.717) is 23.7 Å². The quantitative estimate of drug-likeness (QED) is 0.365. The molecule has 0 unspecified atom stereocenters. The third-order valence-electron chi connectivity index (χ3n) is 5.28. The normalized spacial score (nSPS) is 25.8. The molecule has 0 amide bonds. The van der Waals surface area contributed by atoms with Crippen molar-refractivity contribution >= 4 is 31.9 Å². The van der Waals surface area contributed by atoms with Crippen molar-refractivity contribution in [2.75, 3.05) is 7.11 Å². The molecule has 0 spiro atoms. The fraction of sp³-hybridized carbons (Fsp3) is 0.526. The van der Waals surface area contributed by atoms with Crippen LogP contribution in [0, 0.1) is 5.92 Å². The van der Waals surface area contributed by atoms with E-state index >= 15 is 0 Å². The number of piperidine rings is 1. The van der Waals surface area contributed by atoms with Gasteiger partial charge in [0.2, 0.25) is 10.0 Å². The first-order valence-corrected chi connectivity index (χ1v) is 11.2. The molecule has 0 aromatic heterocycles. The molecule has 2 fully saturated rings. The zero-order chi connectivity index (χ0) is 18.7. The number of fused-ring (bicyclic) bond motifs is 2. The molecule has 3 rings (SSSR count). The van der Waals surface area contributed by atoms with Gasteiger partial charge in [-0.1, -0.05) is 28.1 Å². The number of carbonyl (C=O) groups excluding carboxylic acids is 1. The molecule has 5 nitrogen and oxygen atoms in total. The summed E-state index contributed by atoms with van der Waals surface area (Å²) in [7, 11) is -2.12. The van der Waals surface area contributed by atoms with Gasteiger partial charge in [-0.2, -0.15) is 4.31 Å². The number of esters is 1. The molecule has 2 bridgehead atoms. The third-order valence-corrected chi connectivity index (χ3v) is 7.78. The van der Waals surface area contributed by atoms with Gasteiger partial charge in [-0.15, -0.1) is 0 Å². The highest BCUT2D eigenvalue weighted by Crippen LogP contribution is 2.45. The van der Waals surface area contributed by atoms with Crippen molar-refractivity contribution in [3.8, 4) is 0 Å². The lowest BCUT2D eigenvalue weighted by molar-refractivity contribution is -0.140. The molecule has 142 valence electrons. The number of benzene rings is 1. The number of methoxy groups -OCH3 is 1. The summed E-state index contributed by atoms with van der Waals surface area (Å²) in [5, 5.41) is 0. The number of nitrogens with zero attached hydrogens (tertiary/aromatic N) is 1. The largest absolute Gasteiger partial charge is 0.469 e. The summed E-state index contributed by atoms with van der Waals surface area (Å²) in [6.07, 6.45) is 8.83. The van der Waals surface area contributed by atoms with Gasteiger partial charge in [-0.05, 0) is 62.3 Å². The van der Waals surface area contributed by atoms with Gasteiger partial charge >= 0.3 is 5.97 Å². The molecule has 7 heteroatoms. The topological polar surface area (TPSA) is 63.7 Å². The first kappa shape index (κ1) is 19.6. The number of sulfonamides is 1. The first-order chi connectivity index (χ1) is 12.4. The number of allylic oxidation sites excluding steroid dienone is 1. The molecule has 0 N–H and O–H groups in total. The maximum atomic E-state index is 13.2. The Labute approximate surface area is 163 Å². The molecule has 1 aromatic carbocycles. The minimum absolute atomic E-state index is 0.0828. The van der Waals surface area contributed by atoms with Crippen LogP contribution in [0.1, 0.15) is 38.5 Å². The number of halogens is 1.